The minimum atomic E-state index is -0.549. The van der Waals surface area contributed by atoms with Crippen LogP contribution >= 0.6 is 22.6 Å². The summed E-state index contributed by atoms with van der Waals surface area (Å²) in [4.78, 5) is 16.2. The number of pyridine rings is 1. The Kier molecular flexibility index (Phi) is 6.73. The van der Waals surface area contributed by atoms with Crippen LogP contribution in [0, 0.1) is 9.39 Å². The zero-order valence-electron chi connectivity index (χ0n) is 13.0. The number of nitrogens with one attached hydrogen (secondary N) is 2. The lowest BCUT2D eigenvalue weighted by atomic mass is 10.2. The molecule has 0 spiro atoms. The molecule has 1 aromatic carbocycles. The predicted octanol–water partition coefficient (Wildman–Crippen LogP) is 3.15. The fourth-order valence-electron chi connectivity index (χ4n) is 1.95. The third kappa shape index (κ3) is 4.78. The molecule has 0 unspecified atom stereocenters. The van der Waals surface area contributed by atoms with Gasteiger partial charge in [-0.1, -0.05) is 0 Å². The quantitative estimate of drug-likeness (QED) is 0.449. The number of aromatic nitrogens is 1. The van der Waals surface area contributed by atoms with Gasteiger partial charge in [0.1, 0.15) is 17.2 Å². The van der Waals surface area contributed by atoms with Gasteiger partial charge >= 0.3 is 5.97 Å². The maximum atomic E-state index is 14.1. The molecule has 6 nitrogen and oxygen atoms in total. The Hall–Kier alpha value is -1.94. The van der Waals surface area contributed by atoms with Crippen LogP contribution in [-0.2, 0) is 4.74 Å². The number of aliphatic hydroxyl groups is 1. The van der Waals surface area contributed by atoms with Crippen molar-refractivity contribution in [1.82, 2.24) is 4.98 Å². The highest BCUT2D eigenvalue weighted by molar-refractivity contribution is 14.1. The van der Waals surface area contributed by atoms with Gasteiger partial charge in [0.05, 0.1) is 24.6 Å². The molecule has 24 heavy (non-hydrogen) atoms. The molecule has 0 radical (unpaired) electrons. The molecule has 0 atom stereocenters. The highest BCUT2D eigenvalue weighted by Gasteiger charge is 2.16. The molecule has 0 aliphatic carbocycles. The van der Waals surface area contributed by atoms with Crippen LogP contribution in [0.15, 0.2) is 30.5 Å². The molecule has 0 aliphatic heterocycles. The molecular formula is C16H17FIN3O3. The number of hydrogen-bond donors (Lipinski definition) is 3. The van der Waals surface area contributed by atoms with Gasteiger partial charge in [-0.2, -0.15) is 0 Å². The van der Waals surface area contributed by atoms with Gasteiger partial charge in [-0.3, -0.25) is 0 Å². The summed E-state index contributed by atoms with van der Waals surface area (Å²) in [5.74, 6) is -0.531. The number of esters is 1. The van der Waals surface area contributed by atoms with E-state index in [0.717, 1.165) is 3.57 Å². The molecule has 0 saturated heterocycles. The van der Waals surface area contributed by atoms with Gasteiger partial charge < -0.3 is 20.5 Å². The zero-order valence-corrected chi connectivity index (χ0v) is 15.1. The van der Waals surface area contributed by atoms with Crippen LogP contribution in [0.2, 0.25) is 0 Å². The van der Waals surface area contributed by atoms with Crippen molar-refractivity contribution in [3.05, 3.63) is 45.4 Å². The first-order valence-corrected chi connectivity index (χ1v) is 8.37. The molecule has 3 N–H and O–H groups in total. The second-order valence-corrected chi connectivity index (χ2v) is 5.98. The van der Waals surface area contributed by atoms with Gasteiger partial charge in [-0.15, -0.1) is 0 Å². The monoisotopic (exact) mass is 445 g/mol. The van der Waals surface area contributed by atoms with E-state index in [2.05, 4.69) is 15.6 Å². The molecule has 128 valence electrons. The lowest BCUT2D eigenvalue weighted by Crippen LogP contribution is -2.12. The van der Waals surface area contributed by atoms with E-state index in [0.29, 0.717) is 18.1 Å². The summed E-state index contributed by atoms with van der Waals surface area (Å²) in [6, 6.07) is 6.30. The van der Waals surface area contributed by atoms with Crippen LogP contribution in [0.25, 0.3) is 0 Å². The second kappa shape index (κ2) is 8.78. The van der Waals surface area contributed by atoms with Crippen molar-refractivity contribution in [3.63, 3.8) is 0 Å². The van der Waals surface area contributed by atoms with Gasteiger partial charge in [-0.05, 0) is 47.7 Å². The van der Waals surface area contributed by atoms with Gasteiger partial charge in [-0.25, -0.2) is 14.2 Å². The minimum Gasteiger partial charge on any atom is -0.462 e. The normalized spacial score (nSPS) is 10.3. The summed E-state index contributed by atoms with van der Waals surface area (Å²) < 4.78 is 19.8. The SMILES string of the molecule is CCOC(=O)c1cnc(NCCO)cc1Nc1ccc(I)cc1F. The maximum Gasteiger partial charge on any atom is 0.341 e. The third-order valence-corrected chi connectivity index (χ3v) is 3.69. The largest absolute Gasteiger partial charge is 0.462 e. The number of aliphatic hydroxyl groups excluding tert-OH is 1. The number of halogens is 2. The van der Waals surface area contributed by atoms with Crippen LogP contribution < -0.4 is 10.6 Å². The van der Waals surface area contributed by atoms with Crippen LogP contribution in [0.5, 0.6) is 0 Å². The van der Waals surface area contributed by atoms with Crippen molar-refractivity contribution in [3.8, 4) is 0 Å². The molecule has 2 aromatic rings. The van der Waals surface area contributed by atoms with Gasteiger partial charge in [0, 0.05) is 22.4 Å². The van der Waals surface area contributed by atoms with E-state index in [9.17, 15) is 9.18 Å². The summed E-state index contributed by atoms with van der Waals surface area (Å²) in [7, 11) is 0. The number of ether oxygens (including phenoxy) is 1. The van der Waals surface area contributed by atoms with Gasteiger partial charge in [0.15, 0.2) is 0 Å². The van der Waals surface area contributed by atoms with Crippen molar-refractivity contribution in [2.45, 2.75) is 6.92 Å². The Bertz CT molecular complexity index is 728. The number of rotatable bonds is 7. The number of nitrogens with zero attached hydrogens (tertiary/aromatic N) is 1. The molecule has 1 aromatic heterocycles. The standard InChI is InChI=1S/C16H17FIN3O3/c1-2-24-16(23)11-9-20-15(19-5-6-22)8-14(11)21-13-4-3-10(18)7-12(13)17/h3-4,7-9,22H,2,5-6H2,1H3,(H2,19,20,21). The smallest absolute Gasteiger partial charge is 0.341 e. The van der Waals surface area contributed by atoms with E-state index in [-0.39, 0.29) is 24.5 Å². The van der Waals surface area contributed by atoms with E-state index in [4.69, 9.17) is 9.84 Å². The highest BCUT2D eigenvalue weighted by atomic mass is 127. The molecule has 0 aliphatic rings. The van der Waals surface area contributed by atoms with Crippen molar-refractivity contribution in [1.29, 1.82) is 0 Å². The van der Waals surface area contributed by atoms with Crippen LogP contribution in [0.4, 0.5) is 21.6 Å². The lowest BCUT2D eigenvalue weighted by molar-refractivity contribution is 0.0527. The molecular weight excluding hydrogens is 428 g/mol. The van der Waals surface area contributed by atoms with Crippen molar-refractivity contribution in [2.75, 3.05) is 30.4 Å². The summed E-state index contributed by atoms with van der Waals surface area (Å²) in [5, 5.41) is 14.7. The highest BCUT2D eigenvalue weighted by Crippen LogP contribution is 2.26. The summed E-state index contributed by atoms with van der Waals surface area (Å²) >= 11 is 2.02. The topological polar surface area (TPSA) is 83.5 Å². The Morgan fingerprint density at radius 3 is 2.83 bits per heavy atom. The number of benzene rings is 1. The van der Waals surface area contributed by atoms with Gasteiger partial charge in [0.25, 0.3) is 0 Å². The van der Waals surface area contributed by atoms with Crippen molar-refractivity contribution >= 4 is 45.8 Å². The van der Waals surface area contributed by atoms with Crippen molar-refractivity contribution in [2.24, 2.45) is 0 Å². The van der Waals surface area contributed by atoms with Gasteiger partial charge in [0.2, 0.25) is 0 Å². The molecule has 0 fully saturated rings. The van der Waals surface area contributed by atoms with E-state index < -0.39 is 11.8 Å². The van der Waals surface area contributed by atoms with Crippen LogP contribution in [0.1, 0.15) is 17.3 Å². The number of anilines is 3. The second-order valence-electron chi connectivity index (χ2n) is 4.74. The average molecular weight is 445 g/mol. The summed E-state index contributed by atoms with van der Waals surface area (Å²) in [6.45, 7) is 2.17. The Morgan fingerprint density at radius 2 is 2.17 bits per heavy atom. The fourth-order valence-corrected chi connectivity index (χ4v) is 2.40. The Balaban J connectivity index is 2.36. The molecule has 0 saturated carbocycles. The zero-order chi connectivity index (χ0) is 17.5. The first kappa shape index (κ1) is 18.4. The number of carbonyl (C=O) groups excluding carboxylic acids is 1. The Labute approximate surface area is 152 Å². The van der Waals surface area contributed by atoms with E-state index >= 15 is 0 Å². The first-order chi connectivity index (χ1) is 11.5. The third-order valence-electron chi connectivity index (χ3n) is 3.02. The maximum absolute atomic E-state index is 14.1. The minimum absolute atomic E-state index is 0.0597. The first-order valence-electron chi connectivity index (χ1n) is 7.29. The average Bonchev–Trinajstić information content (AvgIpc) is 2.56. The lowest BCUT2D eigenvalue weighted by Gasteiger charge is -2.14. The molecule has 2 rings (SSSR count). The van der Waals surface area contributed by atoms with Crippen LogP contribution in [-0.4, -0.2) is 35.8 Å². The number of carbonyl (C=O) groups is 1. The molecule has 8 heteroatoms. The molecule has 0 amide bonds. The Morgan fingerprint density at radius 1 is 1.38 bits per heavy atom. The van der Waals surface area contributed by atoms with E-state index in [1.54, 1.807) is 25.1 Å². The van der Waals surface area contributed by atoms with Crippen LogP contribution in [0.3, 0.4) is 0 Å². The fraction of sp³-hybridized carbons (Fsp3) is 0.250. The molecule has 1 heterocycles. The molecule has 0 bridgehead atoms. The van der Waals surface area contributed by atoms with E-state index in [1.807, 2.05) is 22.6 Å². The van der Waals surface area contributed by atoms with E-state index in [1.165, 1.54) is 12.3 Å². The summed E-state index contributed by atoms with van der Waals surface area (Å²) in [6.07, 6.45) is 1.35. The summed E-state index contributed by atoms with van der Waals surface area (Å²) in [5.41, 5.74) is 0.800. The van der Waals surface area contributed by atoms with Crippen molar-refractivity contribution < 1.29 is 19.0 Å². The number of hydrogen-bond acceptors (Lipinski definition) is 6. The predicted molar refractivity (Wildman–Crippen MR) is 98.2 cm³/mol.